The Labute approximate surface area is 98.7 Å². The van der Waals surface area contributed by atoms with Gasteiger partial charge in [0, 0.05) is 17.3 Å². The van der Waals surface area contributed by atoms with Crippen LogP contribution in [0.25, 0.3) is 16.7 Å². The zero-order valence-corrected chi connectivity index (χ0v) is 9.46. The normalized spacial score (nSPS) is 10.9. The van der Waals surface area contributed by atoms with Crippen LogP contribution in [0.2, 0.25) is 0 Å². The number of hydrogen-bond donors (Lipinski definition) is 1. The molecule has 0 fully saturated rings. The lowest BCUT2D eigenvalue weighted by Gasteiger charge is -2.03. The SMILES string of the molecule is Cc1ccn(-c2ccc3cc(N)ccc3n2)n1. The van der Waals surface area contributed by atoms with Gasteiger partial charge in [-0.1, -0.05) is 0 Å². The van der Waals surface area contributed by atoms with Gasteiger partial charge in [-0.2, -0.15) is 5.10 Å². The lowest BCUT2D eigenvalue weighted by atomic mass is 10.2. The molecule has 0 radical (unpaired) electrons. The highest BCUT2D eigenvalue weighted by atomic mass is 15.3. The molecule has 17 heavy (non-hydrogen) atoms. The molecule has 84 valence electrons. The Balaban J connectivity index is 2.16. The molecule has 2 N–H and O–H groups in total. The zero-order valence-electron chi connectivity index (χ0n) is 9.46. The van der Waals surface area contributed by atoms with Crippen molar-refractivity contribution in [2.24, 2.45) is 0 Å². The molecule has 0 aliphatic heterocycles. The van der Waals surface area contributed by atoms with E-state index in [1.807, 2.05) is 49.5 Å². The van der Waals surface area contributed by atoms with Crippen molar-refractivity contribution in [3.63, 3.8) is 0 Å². The third kappa shape index (κ3) is 1.73. The van der Waals surface area contributed by atoms with Crippen LogP contribution in [0, 0.1) is 6.92 Å². The highest BCUT2D eigenvalue weighted by Gasteiger charge is 2.02. The Kier molecular flexibility index (Phi) is 2.08. The van der Waals surface area contributed by atoms with Gasteiger partial charge in [0.15, 0.2) is 5.82 Å². The van der Waals surface area contributed by atoms with E-state index in [-0.39, 0.29) is 0 Å². The number of rotatable bonds is 1. The minimum absolute atomic E-state index is 0.752. The van der Waals surface area contributed by atoms with Crippen molar-refractivity contribution >= 4 is 16.6 Å². The molecule has 0 aliphatic carbocycles. The first kappa shape index (κ1) is 9.84. The van der Waals surface area contributed by atoms with E-state index < -0.39 is 0 Å². The van der Waals surface area contributed by atoms with Crippen LogP contribution in [-0.4, -0.2) is 14.8 Å². The van der Waals surface area contributed by atoms with E-state index in [0.29, 0.717) is 0 Å². The average Bonchev–Trinajstić information content (AvgIpc) is 2.75. The molecule has 2 aromatic heterocycles. The maximum Gasteiger partial charge on any atom is 0.154 e. The molecule has 1 aromatic carbocycles. The zero-order chi connectivity index (χ0) is 11.8. The van der Waals surface area contributed by atoms with Crippen LogP contribution in [-0.2, 0) is 0 Å². The van der Waals surface area contributed by atoms with Crippen LogP contribution >= 0.6 is 0 Å². The Morgan fingerprint density at radius 3 is 2.76 bits per heavy atom. The first-order chi connectivity index (χ1) is 8.22. The summed E-state index contributed by atoms with van der Waals surface area (Å²) in [4.78, 5) is 4.54. The Bertz CT molecular complexity index is 685. The van der Waals surface area contributed by atoms with Crippen LogP contribution in [0.1, 0.15) is 5.69 Å². The monoisotopic (exact) mass is 224 g/mol. The highest BCUT2D eigenvalue weighted by Crippen LogP contribution is 2.17. The summed E-state index contributed by atoms with van der Waals surface area (Å²) in [5, 5.41) is 5.37. The molecule has 3 aromatic rings. The summed E-state index contributed by atoms with van der Waals surface area (Å²) < 4.78 is 1.77. The molecule has 0 spiro atoms. The number of fused-ring (bicyclic) bond motifs is 1. The van der Waals surface area contributed by atoms with Crippen molar-refractivity contribution in [2.75, 3.05) is 5.73 Å². The van der Waals surface area contributed by atoms with Gasteiger partial charge in [0.1, 0.15) is 0 Å². The van der Waals surface area contributed by atoms with Gasteiger partial charge in [-0.25, -0.2) is 9.67 Å². The van der Waals surface area contributed by atoms with Crippen LogP contribution in [0.15, 0.2) is 42.6 Å². The standard InChI is InChI=1S/C13H12N4/c1-9-6-7-17(16-9)13-5-2-10-8-11(14)3-4-12(10)15-13/h2-8H,14H2,1H3. The third-order valence-electron chi connectivity index (χ3n) is 2.66. The molecular weight excluding hydrogens is 212 g/mol. The van der Waals surface area contributed by atoms with E-state index in [0.717, 1.165) is 28.1 Å². The van der Waals surface area contributed by atoms with E-state index in [9.17, 15) is 0 Å². The summed E-state index contributed by atoms with van der Waals surface area (Å²) >= 11 is 0. The molecule has 0 atom stereocenters. The summed E-state index contributed by atoms with van der Waals surface area (Å²) in [5.74, 6) is 0.815. The van der Waals surface area contributed by atoms with Gasteiger partial charge in [0.2, 0.25) is 0 Å². The molecule has 3 rings (SSSR count). The molecule has 0 bridgehead atoms. The molecule has 0 saturated carbocycles. The quantitative estimate of drug-likeness (QED) is 0.645. The van der Waals surface area contributed by atoms with Crippen molar-refractivity contribution in [1.29, 1.82) is 0 Å². The molecule has 0 unspecified atom stereocenters. The predicted octanol–water partition coefficient (Wildman–Crippen LogP) is 2.31. The fraction of sp³-hybridized carbons (Fsp3) is 0.0769. The van der Waals surface area contributed by atoms with Crippen molar-refractivity contribution in [2.45, 2.75) is 6.92 Å². The van der Waals surface area contributed by atoms with Gasteiger partial charge in [0.25, 0.3) is 0 Å². The fourth-order valence-corrected chi connectivity index (χ4v) is 1.80. The van der Waals surface area contributed by atoms with E-state index in [1.54, 1.807) is 4.68 Å². The second-order valence-corrected chi connectivity index (χ2v) is 4.02. The van der Waals surface area contributed by atoms with Crippen molar-refractivity contribution < 1.29 is 0 Å². The number of nitrogens with zero attached hydrogens (tertiary/aromatic N) is 3. The molecule has 0 amide bonds. The number of benzene rings is 1. The van der Waals surface area contributed by atoms with Crippen molar-refractivity contribution in [3.05, 3.63) is 48.3 Å². The van der Waals surface area contributed by atoms with Gasteiger partial charge in [0.05, 0.1) is 11.2 Å². The second kappa shape index (κ2) is 3.59. The highest BCUT2D eigenvalue weighted by molar-refractivity contribution is 5.82. The van der Waals surface area contributed by atoms with Crippen LogP contribution in [0.3, 0.4) is 0 Å². The summed E-state index contributed by atoms with van der Waals surface area (Å²) in [6.07, 6.45) is 1.90. The first-order valence-electron chi connectivity index (χ1n) is 5.41. The van der Waals surface area contributed by atoms with E-state index in [1.165, 1.54) is 0 Å². The lowest BCUT2D eigenvalue weighted by Crippen LogP contribution is -1.98. The predicted molar refractivity (Wildman–Crippen MR) is 68.0 cm³/mol. The lowest BCUT2D eigenvalue weighted by molar-refractivity contribution is 0.837. The second-order valence-electron chi connectivity index (χ2n) is 4.02. The van der Waals surface area contributed by atoms with Gasteiger partial charge >= 0.3 is 0 Å². The summed E-state index contributed by atoms with van der Waals surface area (Å²) in [7, 11) is 0. The maximum absolute atomic E-state index is 5.73. The third-order valence-corrected chi connectivity index (χ3v) is 2.66. The number of nitrogens with two attached hydrogens (primary N) is 1. The fourth-order valence-electron chi connectivity index (χ4n) is 1.80. The molecular formula is C13H12N4. The van der Waals surface area contributed by atoms with Gasteiger partial charge in [-0.05, 0) is 43.3 Å². The largest absolute Gasteiger partial charge is 0.399 e. The molecule has 0 saturated heterocycles. The molecule has 2 heterocycles. The smallest absolute Gasteiger partial charge is 0.154 e. The minimum atomic E-state index is 0.752. The first-order valence-corrected chi connectivity index (χ1v) is 5.41. The Hall–Kier alpha value is -2.36. The van der Waals surface area contributed by atoms with Gasteiger partial charge in [-0.15, -0.1) is 0 Å². The number of nitrogen functional groups attached to an aromatic ring is 1. The number of aromatic nitrogens is 3. The van der Waals surface area contributed by atoms with E-state index >= 15 is 0 Å². The maximum atomic E-state index is 5.73. The molecule has 0 aliphatic rings. The number of pyridine rings is 1. The van der Waals surface area contributed by atoms with Crippen LogP contribution in [0.5, 0.6) is 0 Å². The Morgan fingerprint density at radius 2 is 2.00 bits per heavy atom. The minimum Gasteiger partial charge on any atom is -0.399 e. The summed E-state index contributed by atoms with van der Waals surface area (Å²) in [5.41, 5.74) is 8.38. The van der Waals surface area contributed by atoms with E-state index in [2.05, 4.69) is 10.1 Å². The van der Waals surface area contributed by atoms with Gasteiger partial charge in [-0.3, -0.25) is 0 Å². The number of hydrogen-bond acceptors (Lipinski definition) is 3. The van der Waals surface area contributed by atoms with Crippen LogP contribution < -0.4 is 5.73 Å². The number of anilines is 1. The van der Waals surface area contributed by atoms with E-state index in [4.69, 9.17) is 5.73 Å². The van der Waals surface area contributed by atoms with Crippen molar-refractivity contribution in [1.82, 2.24) is 14.8 Å². The average molecular weight is 224 g/mol. The molecule has 4 nitrogen and oxygen atoms in total. The summed E-state index contributed by atoms with van der Waals surface area (Å²) in [6.45, 7) is 1.96. The topological polar surface area (TPSA) is 56.7 Å². The van der Waals surface area contributed by atoms with Crippen molar-refractivity contribution in [3.8, 4) is 5.82 Å². The molecule has 4 heteroatoms. The summed E-state index contributed by atoms with van der Waals surface area (Å²) in [6, 6.07) is 11.6. The van der Waals surface area contributed by atoms with Gasteiger partial charge < -0.3 is 5.73 Å². The van der Waals surface area contributed by atoms with Crippen LogP contribution in [0.4, 0.5) is 5.69 Å². The Morgan fingerprint density at radius 1 is 1.12 bits per heavy atom. The number of aryl methyl sites for hydroxylation is 1.